The molecule has 0 aliphatic heterocycles. The number of para-hydroxylation sites is 2. The highest BCUT2D eigenvalue weighted by Crippen LogP contribution is 2.27. The van der Waals surface area contributed by atoms with Crippen molar-refractivity contribution in [3.63, 3.8) is 0 Å². The monoisotopic (exact) mass is 368 g/mol. The number of amides is 1. The zero-order chi connectivity index (χ0) is 19.1. The number of rotatable bonds is 3. The van der Waals surface area contributed by atoms with Gasteiger partial charge in [0, 0.05) is 17.8 Å². The number of carbonyl (C=O) groups is 1. The topological polar surface area (TPSA) is 73.0 Å². The third-order valence-corrected chi connectivity index (χ3v) is 4.72. The molecule has 0 aliphatic carbocycles. The van der Waals surface area contributed by atoms with Gasteiger partial charge in [0.25, 0.3) is 5.91 Å². The van der Waals surface area contributed by atoms with Gasteiger partial charge in [0.05, 0.1) is 22.9 Å². The number of nitrogens with one attached hydrogen (secondary N) is 1. The molecule has 0 bridgehead atoms. The number of hydrogen-bond donors (Lipinski definition) is 1. The largest absolute Gasteiger partial charge is 0.463 e. The highest BCUT2D eigenvalue weighted by atomic mass is 16.3. The van der Waals surface area contributed by atoms with Crippen LogP contribution in [0.25, 0.3) is 33.3 Å². The average molecular weight is 368 g/mol. The van der Waals surface area contributed by atoms with Crippen LogP contribution in [0.5, 0.6) is 0 Å². The highest BCUT2D eigenvalue weighted by molar-refractivity contribution is 6.14. The maximum atomic E-state index is 13.2. The minimum Gasteiger partial charge on any atom is -0.463 e. The Labute approximate surface area is 160 Å². The van der Waals surface area contributed by atoms with Gasteiger partial charge in [0.2, 0.25) is 0 Å². The molecule has 1 amide bonds. The van der Waals surface area contributed by atoms with Gasteiger partial charge in [-0.05, 0) is 36.4 Å². The summed E-state index contributed by atoms with van der Waals surface area (Å²) in [4.78, 5) is 17.8. The summed E-state index contributed by atoms with van der Waals surface area (Å²) < 4.78 is 7.23. The molecule has 0 saturated heterocycles. The molecule has 0 atom stereocenters. The summed E-state index contributed by atoms with van der Waals surface area (Å²) in [6.45, 7) is 0. The lowest BCUT2D eigenvalue weighted by Gasteiger charge is -2.09. The number of nitrogens with zero attached hydrogens (tertiary/aromatic N) is 3. The minimum atomic E-state index is -0.241. The smallest absolute Gasteiger partial charge is 0.257 e. The Morgan fingerprint density at radius 2 is 1.79 bits per heavy atom. The summed E-state index contributed by atoms with van der Waals surface area (Å²) in [5.41, 5.74) is 2.81. The van der Waals surface area contributed by atoms with Crippen molar-refractivity contribution in [1.29, 1.82) is 0 Å². The van der Waals surface area contributed by atoms with E-state index in [9.17, 15) is 4.79 Å². The number of anilines is 1. The van der Waals surface area contributed by atoms with Crippen LogP contribution in [-0.2, 0) is 7.05 Å². The van der Waals surface area contributed by atoms with Crippen LogP contribution in [0.1, 0.15) is 10.4 Å². The molecule has 0 fully saturated rings. The van der Waals surface area contributed by atoms with Crippen LogP contribution in [0.3, 0.4) is 0 Å². The first-order valence-electron chi connectivity index (χ1n) is 8.87. The van der Waals surface area contributed by atoms with Crippen molar-refractivity contribution in [3.05, 3.63) is 78.6 Å². The molecule has 0 unspecified atom stereocenters. The maximum absolute atomic E-state index is 13.2. The zero-order valence-electron chi connectivity index (χ0n) is 15.1. The van der Waals surface area contributed by atoms with E-state index in [1.54, 1.807) is 23.1 Å². The molecule has 136 valence electrons. The van der Waals surface area contributed by atoms with Crippen molar-refractivity contribution in [2.75, 3.05) is 5.32 Å². The molecule has 6 nitrogen and oxygen atoms in total. The highest BCUT2D eigenvalue weighted by Gasteiger charge is 2.17. The standard InChI is InChI=1S/C22H16N4O2/c1-26-19-10-5-3-8-15(19)21(25-26)24-22(27)16-13-18(20-11-6-12-28-20)23-17-9-4-2-7-14(16)17/h2-13H,1H3,(H,24,25,27). The van der Waals surface area contributed by atoms with Gasteiger partial charge >= 0.3 is 0 Å². The second kappa shape index (κ2) is 6.35. The van der Waals surface area contributed by atoms with Crippen molar-refractivity contribution in [2.24, 2.45) is 7.05 Å². The summed E-state index contributed by atoms with van der Waals surface area (Å²) in [6, 6.07) is 20.7. The first-order valence-corrected chi connectivity index (χ1v) is 8.87. The number of fused-ring (bicyclic) bond motifs is 2. The fourth-order valence-corrected chi connectivity index (χ4v) is 3.39. The number of benzene rings is 2. The molecule has 1 N–H and O–H groups in total. The molecule has 5 aromatic rings. The normalized spacial score (nSPS) is 11.2. The SMILES string of the molecule is Cn1nc(NC(=O)c2cc(-c3ccco3)nc3ccccc23)c2ccccc21. The van der Waals surface area contributed by atoms with E-state index >= 15 is 0 Å². The van der Waals surface area contributed by atoms with E-state index in [1.807, 2.05) is 61.6 Å². The van der Waals surface area contributed by atoms with Gasteiger partial charge in [0.15, 0.2) is 11.6 Å². The molecule has 3 heterocycles. The van der Waals surface area contributed by atoms with Gasteiger partial charge in [-0.3, -0.25) is 9.48 Å². The van der Waals surface area contributed by atoms with Gasteiger partial charge in [-0.25, -0.2) is 4.98 Å². The van der Waals surface area contributed by atoms with Crippen LogP contribution >= 0.6 is 0 Å². The second-order valence-electron chi connectivity index (χ2n) is 6.49. The van der Waals surface area contributed by atoms with Gasteiger partial charge in [-0.2, -0.15) is 5.10 Å². The number of pyridine rings is 1. The molecule has 0 saturated carbocycles. The molecule has 6 heteroatoms. The quantitative estimate of drug-likeness (QED) is 0.504. The Bertz CT molecular complexity index is 1320. The molecule has 2 aromatic carbocycles. The van der Waals surface area contributed by atoms with E-state index in [4.69, 9.17) is 4.42 Å². The summed E-state index contributed by atoms with van der Waals surface area (Å²) >= 11 is 0. The van der Waals surface area contributed by atoms with E-state index in [0.717, 1.165) is 21.8 Å². The van der Waals surface area contributed by atoms with Crippen LogP contribution in [0.15, 0.2) is 77.4 Å². The lowest BCUT2D eigenvalue weighted by molar-refractivity contribution is 0.102. The van der Waals surface area contributed by atoms with E-state index < -0.39 is 0 Å². The maximum Gasteiger partial charge on any atom is 0.257 e. The lowest BCUT2D eigenvalue weighted by Crippen LogP contribution is -2.14. The molecule has 3 aromatic heterocycles. The molecular formula is C22H16N4O2. The second-order valence-corrected chi connectivity index (χ2v) is 6.49. The Kier molecular flexibility index (Phi) is 3.69. The van der Waals surface area contributed by atoms with Crippen molar-refractivity contribution in [1.82, 2.24) is 14.8 Å². The first kappa shape index (κ1) is 16.3. The van der Waals surface area contributed by atoms with E-state index in [0.29, 0.717) is 22.8 Å². The van der Waals surface area contributed by atoms with Crippen LogP contribution in [0.4, 0.5) is 5.82 Å². The van der Waals surface area contributed by atoms with Crippen LogP contribution < -0.4 is 5.32 Å². The molecule has 28 heavy (non-hydrogen) atoms. The van der Waals surface area contributed by atoms with E-state index in [2.05, 4.69) is 15.4 Å². The molecule has 0 radical (unpaired) electrons. The minimum absolute atomic E-state index is 0.241. The number of aryl methyl sites for hydroxylation is 1. The van der Waals surface area contributed by atoms with Crippen molar-refractivity contribution in [2.45, 2.75) is 0 Å². The third kappa shape index (κ3) is 2.63. The van der Waals surface area contributed by atoms with Gasteiger partial charge < -0.3 is 9.73 Å². The van der Waals surface area contributed by atoms with E-state index in [1.165, 1.54) is 0 Å². The predicted octanol–water partition coefficient (Wildman–Crippen LogP) is 4.63. The number of furan rings is 1. The Morgan fingerprint density at radius 3 is 2.61 bits per heavy atom. The zero-order valence-corrected chi connectivity index (χ0v) is 15.1. The summed E-state index contributed by atoms with van der Waals surface area (Å²) in [5, 5.41) is 9.08. The third-order valence-electron chi connectivity index (χ3n) is 4.72. The molecule has 5 rings (SSSR count). The number of hydrogen-bond acceptors (Lipinski definition) is 4. The first-order chi connectivity index (χ1) is 13.7. The van der Waals surface area contributed by atoms with Crippen molar-refractivity contribution < 1.29 is 9.21 Å². The fraction of sp³-hybridized carbons (Fsp3) is 0.0455. The summed E-state index contributed by atoms with van der Waals surface area (Å²) in [6.07, 6.45) is 1.59. The van der Waals surface area contributed by atoms with Gasteiger partial charge in [-0.1, -0.05) is 30.3 Å². The fourth-order valence-electron chi connectivity index (χ4n) is 3.39. The van der Waals surface area contributed by atoms with Crippen molar-refractivity contribution in [3.8, 4) is 11.5 Å². The molecule has 0 spiro atoms. The van der Waals surface area contributed by atoms with Crippen molar-refractivity contribution >= 4 is 33.5 Å². The van der Waals surface area contributed by atoms with E-state index in [-0.39, 0.29) is 5.91 Å². The predicted molar refractivity (Wildman–Crippen MR) is 108 cm³/mol. The van der Waals surface area contributed by atoms with Crippen LogP contribution in [0.2, 0.25) is 0 Å². The van der Waals surface area contributed by atoms with Crippen LogP contribution in [0, 0.1) is 0 Å². The van der Waals surface area contributed by atoms with Crippen LogP contribution in [-0.4, -0.2) is 20.7 Å². The van der Waals surface area contributed by atoms with Gasteiger partial charge in [0.1, 0.15) is 5.69 Å². The molecule has 0 aliphatic rings. The summed E-state index contributed by atoms with van der Waals surface area (Å²) in [5.74, 6) is 0.905. The Balaban J connectivity index is 1.62. The Morgan fingerprint density at radius 1 is 1.00 bits per heavy atom. The lowest BCUT2D eigenvalue weighted by atomic mass is 10.1. The van der Waals surface area contributed by atoms with Gasteiger partial charge in [-0.15, -0.1) is 0 Å². The number of aromatic nitrogens is 3. The molecular weight excluding hydrogens is 352 g/mol. The number of carbonyl (C=O) groups excluding carboxylic acids is 1. The summed E-state index contributed by atoms with van der Waals surface area (Å²) in [7, 11) is 1.86. The average Bonchev–Trinajstić information content (AvgIpc) is 3.36. The Hall–Kier alpha value is -3.93.